The molecule has 0 saturated heterocycles. The molecule has 1 amide bonds. The second-order valence-electron chi connectivity index (χ2n) is 8.56. The molecule has 0 bridgehead atoms. The van der Waals surface area contributed by atoms with Crippen LogP contribution in [0.3, 0.4) is 0 Å². The SMILES string of the molecule is C=CCOC(=O)C1=C(C)N=C2SC=C(CC(=O)NCC3CC3)N2C1c1ccc(C)cc1C. The van der Waals surface area contributed by atoms with Crippen LogP contribution in [0.2, 0.25) is 0 Å². The van der Waals surface area contributed by atoms with E-state index >= 15 is 0 Å². The Morgan fingerprint density at radius 2 is 2.09 bits per heavy atom. The molecule has 1 fully saturated rings. The van der Waals surface area contributed by atoms with Crippen molar-refractivity contribution >= 4 is 28.8 Å². The Morgan fingerprint density at radius 3 is 2.78 bits per heavy atom. The van der Waals surface area contributed by atoms with E-state index in [9.17, 15) is 9.59 Å². The zero-order valence-electron chi connectivity index (χ0n) is 18.8. The number of rotatable bonds is 8. The lowest BCUT2D eigenvalue weighted by Crippen LogP contribution is -2.38. The number of carbonyl (C=O) groups excluding carboxylic acids is 2. The third-order valence-electron chi connectivity index (χ3n) is 5.90. The number of amidine groups is 1. The fourth-order valence-electron chi connectivity index (χ4n) is 4.08. The van der Waals surface area contributed by atoms with E-state index in [0.717, 1.165) is 34.1 Å². The minimum atomic E-state index is -0.412. The van der Waals surface area contributed by atoms with Gasteiger partial charge in [0.25, 0.3) is 0 Å². The molecule has 1 aromatic carbocycles. The topological polar surface area (TPSA) is 71.0 Å². The largest absolute Gasteiger partial charge is 0.458 e. The number of hydrogen-bond donors (Lipinski definition) is 1. The number of allylic oxidation sites excluding steroid dienone is 1. The second-order valence-corrected chi connectivity index (χ2v) is 9.40. The molecule has 6 nitrogen and oxygen atoms in total. The number of ether oxygens (including phenoxy) is 1. The van der Waals surface area contributed by atoms with Crippen LogP contribution < -0.4 is 5.32 Å². The number of esters is 1. The molecule has 1 aromatic rings. The van der Waals surface area contributed by atoms with Gasteiger partial charge in [-0.25, -0.2) is 9.79 Å². The third-order valence-corrected chi connectivity index (χ3v) is 6.79. The number of thioether (sulfide) groups is 1. The summed E-state index contributed by atoms with van der Waals surface area (Å²) >= 11 is 1.49. The lowest BCUT2D eigenvalue weighted by Gasteiger charge is -2.37. The maximum Gasteiger partial charge on any atom is 0.338 e. The number of fused-ring (bicyclic) bond motifs is 1. The molecule has 1 aliphatic carbocycles. The Morgan fingerprint density at radius 1 is 1.31 bits per heavy atom. The minimum absolute atomic E-state index is 0.00793. The fourth-order valence-corrected chi connectivity index (χ4v) is 5.04. The minimum Gasteiger partial charge on any atom is -0.458 e. The number of nitrogens with zero attached hydrogens (tertiary/aromatic N) is 2. The predicted octanol–water partition coefficient (Wildman–Crippen LogP) is 4.52. The zero-order valence-corrected chi connectivity index (χ0v) is 19.6. The van der Waals surface area contributed by atoms with E-state index in [4.69, 9.17) is 9.73 Å². The van der Waals surface area contributed by atoms with Crippen LogP contribution in [0.1, 0.15) is 48.9 Å². The molecule has 1 saturated carbocycles. The quantitative estimate of drug-likeness (QED) is 0.465. The normalized spacial score (nSPS) is 19.8. The van der Waals surface area contributed by atoms with Gasteiger partial charge in [-0.15, -0.1) is 0 Å². The summed E-state index contributed by atoms with van der Waals surface area (Å²) in [6.07, 6.45) is 4.18. The van der Waals surface area contributed by atoms with Crippen molar-refractivity contribution in [2.24, 2.45) is 10.9 Å². The molecule has 3 aliphatic rings. The Balaban J connectivity index is 1.69. The van der Waals surface area contributed by atoms with Crippen molar-refractivity contribution in [1.82, 2.24) is 10.2 Å². The Bertz CT molecular complexity index is 1050. The van der Waals surface area contributed by atoms with E-state index in [1.165, 1.54) is 24.6 Å². The van der Waals surface area contributed by atoms with Crippen molar-refractivity contribution in [3.05, 3.63) is 69.9 Å². The van der Waals surface area contributed by atoms with Crippen LogP contribution in [0.25, 0.3) is 0 Å². The summed E-state index contributed by atoms with van der Waals surface area (Å²) in [6.45, 7) is 10.4. The highest BCUT2D eigenvalue weighted by Crippen LogP contribution is 2.45. The zero-order chi connectivity index (χ0) is 22.8. The summed E-state index contributed by atoms with van der Waals surface area (Å²) < 4.78 is 5.44. The molecule has 4 rings (SSSR count). The van der Waals surface area contributed by atoms with Gasteiger partial charge in [0.2, 0.25) is 5.91 Å². The average Bonchev–Trinajstić information content (AvgIpc) is 3.50. The fraction of sp³-hybridized carbons (Fsp3) is 0.400. The van der Waals surface area contributed by atoms with Crippen LogP contribution in [0, 0.1) is 19.8 Å². The molecule has 2 heterocycles. The van der Waals surface area contributed by atoms with Gasteiger partial charge in [0.15, 0.2) is 5.17 Å². The van der Waals surface area contributed by atoms with Crippen LogP contribution in [0.4, 0.5) is 0 Å². The molecule has 7 heteroatoms. The number of benzene rings is 1. The van der Waals surface area contributed by atoms with Gasteiger partial charge in [0, 0.05) is 12.2 Å². The van der Waals surface area contributed by atoms with Gasteiger partial charge in [-0.1, -0.05) is 48.2 Å². The van der Waals surface area contributed by atoms with Crippen LogP contribution in [0.15, 0.2) is 58.2 Å². The molecule has 0 spiro atoms. The van der Waals surface area contributed by atoms with E-state index in [1.807, 2.05) is 37.1 Å². The van der Waals surface area contributed by atoms with Crippen molar-refractivity contribution in [2.45, 2.75) is 46.1 Å². The molecule has 0 aromatic heterocycles. The highest BCUT2D eigenvalue weighted by molar-refractivity contribution is 8.16. The van der Waals surface area contributed by atoms with E-state index in [1.54, 1.807) is 6.08 Å². The summed E-state index contributed by atoms with van der Waals surface area (Å²) in [7, 11) is 0. The molecular weight excluding hydrogens is 422 g/mol. The summed E-state index contributed by atoms with van der Waals surface area (Å²) in [6, 6.07) is 5.81. The van der Waals surface area contributed by atoms with Gasteiger partial charge < -0.3 is 15.0 Å². The van der Waals surface area contributed by atoms with Crippen molar-refractivity contribution in [3.63, 3.8) is 0 Å². The number of hydrogen-bond acceptors (Lipinski definition) is 6. The molecule has 32 heavy (non-hydrogen) atoms. The van der Waals surface area contributed by atoms with Crippen LogP contribution in [-0.2, 0) is 14.3 Å². The van der Waals surface area contributed by atoms with Gasteiger partial charge >= 0.3 is 5.97 Å². The molecule has 1 N–H and O–H groups in total. The van der Waals surface area contributed by atoms with Crippen LogP contribution in [0.5, 0.6) is 0 Å². The molecule has 0 radical (unpaired) electrons. The van der Waals surface area contributed by atoms with E-state index in [2.05, 4.69) is 24.0 Å². The van der Waals surface area contributed by atoms with E-state index in [0.29, 0.717) is 17.2 Å². The highest BCUT2D eigenvalue weighted by Gasteiger charge is 2.41. The first kappa shape index (κ1) is 22.4. The van der Waals surface area contributed by atoms with E-state index < -0.39 is 12.0 Å². The van der Waals surface area contributed by atoms with Gasteiger partial charge in [-0.05, 0) is 56.1 Å². The van der Waals surface area contributed by atoms with Crippen molar-refractivity contribution in [1.29, 1.82) is 0 Å². The smallest absolute Gasteiger partial charge is 0.338 e. The average molecular weight is 452 g/mol. The number of carbonyl (C=O) groups is 2. The maximum atomic E-state index is 13.1. The molecule has 1 atom stereocenters. The standard InChI is InChI=1S/C25H29N3O3S/c1-5-10-31-24(30)22-17(4)27-25-28(23(22)20-9-6-15(2)11-16(20)3)19(14-32-25)12-21(29)26-13-18-7-8-18/h5-6,9,11,14,18,23H,1,7-8,10,12-13H2,2-4H3,(H,26,29). The Labute approximate surface area is 193 Å². The van der Waals surface area contributed by atoms with Crippen molar-refractivity contribution in [3.8, 4) is 0 Å². The number of aliphatic imine (C=N–C) groups is 1. The third kappa shape index (κ3) is 4.67. The number of nitrogens with one attached hydrogen (secondary N) is 1. The summed E-state index contributed by atoms with van der Waals surface area (Å²) in [5.74, 6) is 0.203. The van der Waals surface area contributed by atoms with Crippen LogP contribution in [-0.4, -0.2) is 35.1 Å². The van der Waals surface area contributed by atoms with Crippen molar-refractivity contribution < 1.29 is 14.3 Å². The lowest BCUT2D eigenvalue weighted by molar-refractivity contribution is -0.138. The highest BCUT2D eigenvalue weighted by atomic mass is 32.2. The van der Waals surface area contributed by atoms with Crippen LogP contribution >= 0.6 is 11.8 Å². The number of aryl methyl sites for hydroxylation is 2. The van der Waals surface area contributed by atoms with Gasteiger partial charge in [-0.2, -0.15) is 0 Å². The number of amides is 1. The summed E-state index contributed by atoms with van der Waals surface area (Å²) in [5.41, 5.74) is 5.20. The monoisotopic (exact) mass is 451 g/mol. The van der Waals surface area contributed by atoms with Gasteiger partial charge in [0.05, 0.1) is 23.7 Å². The first-order chi connectivity index (χ1) is 15.4. The van der Waals surface area contributed by atoms with Gasteiger partial charge in [0.1, 0.15) is 6.61 Å². The summed E-state index contributed by atoms with van der Waals surface area (Å²) in [4.78, 5) is 32.5. The molecular formula is C25H29N3O3S. The van der Waals surface area contributed by atoms with Gasteiger partial charge in [-0.3, -0.25) is 4.79 Å². The molecule has 1 unspecified atom stereocenters. The summed E-state index contributed by atoms with van der Waals surface area (Å²) in [5, 5.41) is 5.79. The van der Waals surface area contributed by atoms with E-state index in [-0.39, 0.29) is 18.9 Å². The second kappa shape index (κ2) is 9.36. The van der Waals surface area contributed by atoms with Crippen molar-refractivity contribution in [2.75, 3.05) is 13.2 Å². The maximum absolute atomic E-state index is 13.1. The first-order valence-electron chi connectivity index (χ1n) is 10.9. The predicted molar refractivity (Wildman–Crippen MR) is 128 cm³/mol. The first-order valence-corrected chi connectivity index (χ1v) is 11.8. The Hall–Kier alpha value is -2.80. The lowest BCUT2D eigenvalue weighted by atomic mass is 9.90. The molecule has 2 aliphatic heterocycles. The Kier molecular flexibility index (Phi) is 6.55. The molecule has 168 valence electrons.